The average Bonchev–Trinajstić information content (AvgIpc) is 3.67. The second-order valence-corrected chi connectivity index (χ2v) is 13.0. The minimum absolute atomic E-state index is 0.00666. The third kappa shape index (κ3) is 7.59. The van der Waals surface area contributed by atoms with E-state index in [0.29, 0.717) is 54.1 Å². The van der Waals surface area contributed by atoms with Gasteiger partial charge in [-0.2, -0.15) is 18.2 Å². The maximum absolute atomic E-state index is 13.9. The Hall–Kier alpha value is -4.59. The predicted octanol–water partition coefficient (Wildman–Crippen LogP) is 6.61. The molecule has 2 fully saturated rings. The van der Waals surface area contributed by atoms with Gasteiger partial charge in [-0.05, 0) is 68.4 Å². The van der Waals surface area contributed by atoms with Gasteiger partial charge in [-0.25, -0.2) is 9.97 Å². The van der Waals surface area contributed by atoms with Crippen molar-refractivity contribution in [3.05, 3.63) is 59.2 Å². The van der Waals surface area contributed by atoms with E-state index in [-0.39, 0.29) is 35.0 Å². The van der Waals surface area contributed by atoms with Crippen LogP contribution in [0, 0.1) is 5.41 Å². The highest BCUT2D eigenvalue weighted by atomic mass is 19.4. The fourth-order valence-electron chi connectivity index (χ4n) is 6.60. The summed E-state index contributed by atoms with van der Waals surface area (Å²) in [4.78, 5) is 46.5. The molecule has 4 aromatic rings. The van der Waals surface area contributed by atoms with Gasteiger partial charge in [0.15, 0.2) is 5.65 Å². The standard InChI is InChI=1S/C34H38F3N7O4/c1-44(18-33(19-48-2)12-3-4-13-33)26-16-25(22-14-24(21-9-10-21)39-27(15-22)34(35,36)37)40-30-29(26)41-32(42-30)43-31(47)23-11-8-20(17-38-23)6-5-7-28(45)46/h8,11,14-17,21H,3-7,9-10,12-13,18-19H2,1-2H3,(H,45,46)(H2,40,41,42,43,47). The van der Waals surface area contributed by atoms with Crippen molar-refractivity contribution in [2.45, 2.75) is 69.9 Å². The van der Waals surface area contributed by atoms with Crippen molar-refractivity contribution in [2.75, 3.05) is 37.5 Å². The topological polar surface area (TPSA) is 146 Å². The number of pyridine rings is 3. The summed E-state index contributed by atoms with van der Waals surface area (Å²) in [5.74, 6) is -1.29. The average molecular weight is 666 g/mol. The van der Waals surface area contributed by atoms with Gasteiger partial charge in [0.2, 0.25) is 5.95 Å². The van der Waals surface area contributed by atoms with E-state index in [1.807, 2.05) is 7.05 Å². The lowest BCUT2D eigenvalue weighted by Gasteiger charge is -2.34. The molecule has 2 aliphatic rings. The van der Waals surface area contributed by atoms with Gasteiger partial charge >= 0.3 is 12.1 Å². The predicted molar refractivity (Wildman–Crippen MR) is 173 cm³/mol. The molecule has 11 nitrogen and oxygen atoms in total. The van der Waals surface area contributed by atoms with Crippen molar-refractivity contribution < 1.29 is 32.6 Å². The van der Waals surface area contributed by atoms with Gasteiger partial charge < -0.3 is 19.7 Å². The molecule has 0 atom stereocenters. The van der Waals surface area contributed by atoms with E-state index in [4.69, 9.17) is 9.84 Å². The number of carboxylic acid groups (broad SMARTS) is 1. The number of carbonyl (C=O) groups excluding carboxylic acids is 1. The maximum atomic E-state index is 13.9. The van der Waals surface area contributed by atoms with Crippen LogP contribution in [-0.2, 0) is 22.1 Å². The molecule has 4 aromatic heterocycles. The number of H-pyrrole nitrogens is 1. The van der Waals surface area contributed by atoms with Gasteiger partial charge in [0.1, 0.15) is 16.9 Å². The summed E-state index contributed by atoms with van der Waals surface area (Å²) in [6.07, 6.45) is 3.69. The molecule has 4 heterocycles. The van der Waals surface area contributed by atoms with Crippen LogP contribution in [0.5, 0.6) is 0 Å². The van der Waals surface area contributed by atoms with Crippen molar-refractivity contribution in [3.8, 4) is 11.3 Å². The zero-order valence-electron chi connectivity index (χ0n) is 26.9. The number of halogens is 3. The summed E-state index contributed by atoms with van der Waals surface area (Å²) in [5.41, 5.74) is 2.35. The van der Waals surface area contributed by atoms with E-state index >= 15 is 0 Å². The van der Waals surface area contributed by atoms with Gasteiger partial charge in [-0.3, -0.25) is 19.9 Å². The number of hydrogen-bond donors (Lipinski definition) is 3. The van der Waals surface area contributed by atoms with E-state index in [2.05, 4.69) is 35.1 Å². The number of nitrogens with one attached hydrogen (secondary N) is 2. The Morgan fingerprint density at radius 1 is 1.12 bits per heavy atom. The number of aromatic nitrogens is 5. The van der Waals surface area contributed by atoms with E-state index in [0.717, 1.165) is 50.2 Å². The molecule has 0 aromatic carbocycles. The smallest absolute Gasteiger partial charge is 0.433 e. The molecule has 3 N–H and O–H groups in total. The Morgan fingerprint density at radius 3 is 2.54 bits per heavy atom. The van der Waals surface area contributed by atoms with Crippen molar-refractivity contribution in [3.63, 3.8) is 0 Å². The van der Waals surface area contributed by atoms with Crippen molar-refractivity contribution in [2.24, 2.45) is 5.41 Å². The van der Waals surface area contributed by atoms with Crippen LogP contribution in [0.25, 0.3) is 22.4 Å². The summed E-state index contributed by atoms with van der Waals surface area (Å²) in [7, 11) is 3.62. The van der Waals surface area contributed by atoms with Crippen LogP contribution in [0.4, 0.5) is 24.8 Å². The molecule has 2 saturated carbocycles. The molecule has 0 aliphatic heterocycles. The molecule has 1 amide bonds. The molecule has 0 saturated heterocycles. The molecule has 254 valence electrons. The summed E-state index contributed by atoms with van der Waals surface area (Å²) < 4.78 is 47.4. The lowest BCUT2D eigenvalue weighted by molar-refractivity contribution is -0.141. The number of alkyl halides is 3. The number of carbonyl (C=O) groups is 2. The molecule has 6 rings (SSSR count). The van der Waals surface area contributed by atoms with Crippen LogP contribution >= 0.6 is 0 Å². The van der Waals surface area contributed by atoms with Gasteiger partial charge in [-0.1, -0.05) is 18.9 Å². The molecule has 2 aliphatic carbocycles. The molecule has 48 heavy (non-hydrogen) atoms. The minimum Gasteiger partial charge on any atom is -0.481 e. The molecule has 0 radical (unpaired) electrons. The first kappa shape index (κ1) is 33.3. The summed E-state index contributed by atoms with van der Waals surface area (Å²) in [5, 5.41) is 11.6. The van der Waals surface area contributed by atoms with Gasteiger partial charge in [0, 0.05) is 55.9 Å². The van der Waals surface area contributed by atoms with E-state index < -0.39 is 23.7 Å². The highest BCUT2D eigenvalue weighted by Gasteiger charge is 2.37. The number of imidazole rings is 1. The fourth-order valence-corrected chi connectivity index (χ4v) is 6.60. The van der Waals surface area contributed by atoms with Gasteiger partial charge in [-0.15, -0.1) is 0 Å². The first-order chi connectivity index (χ1) is 22.9. The van der Waals surface area contributed by atoms with E-state index in [9.17, 15) is 22.8 Å². The molecule has 0 bridgehead atoms. The van der Waals surface area contributed by atoms with Crippen LogP contribution < -0.4 is 10.2 Å². The fraction of sp³-hybridized carbons (Fsp3) is 0.471. The highest BCUT2D eigenvalue weighted by molar-refractivity contribution is 6.03. The third-order valence-electron chi connectivity index (χ3n) is 9.11. The first-order valence-corrected chi connectivity index (χ1v) is 16.1. The highest BCUT2D eigenvalue weighted by Crippen LogP contribution is 2.43. The van der Waals surface area contributed by atoms with Crippen molar-refractivity contribution in [1.29, 1.82) is 0 Å². The van der Waals surface area contributed by atoms with Crippen LogP contribution in [0.15, 0.2) is 36.5 Å². The number of rotatable bonds is 13. The number of fused-ring (bicyclic) bond motifs is 1. The number of hydrogen-bond acceptors (Lipinski definition) is 8. The minimum atomic E-state index is -4.62. The monoisotopic (exact) mass is 665 g/mol. The van der Waals surface area contributed by atoms with E-state index in [1.165, 1.54) is 6.20 Å². The van der Waals surface area contributed by atoms with Crippen LogP contribution in [0.3, 0.4) is 0 Å². The van der Waals surface area contributed by atoms with E-state index in [1.54, 1.807) is 31.4 Å². The Kier molecular flexibility index (Phi) is 9.37. The lowest BCUT2D eigenvalue weighted by atomic mass is 9.86. The van der Waals surface area contributed by atoms with Crippen LogP contribution in [0.1, 0.15) is 84.7 Å². The molecule has 0 spiro atoms. The number of aryl methyl sites for hydroxylation is 1. The number of nitrogens with zero attached hydrogens (tertiary/aromatic N) is 5. The van der Waals surface area contributed by atoms with Crippen LogP contribution in [-0.4, -0.2) is 69.2 Å². The maximum Gasteiger partial charge on any atom is 0.433 e. The Morgan fingerprint density at radius 2 is 1.90 bits per heavy atom. The third-order valence-corrected chi connectivity index (χ3v) is 9.11. The molecular weight excluding hydrogens is 627 g/mol. The quantitative estimate of drug-likeness (QED) is 0.144. The number of ether oxygens (including phenoxy) is 1. The van der Waals surface area contributed by atoms with Crippen LogP contribution in [0.2, 0.25) is 0 Å². The Balaban J connectivity index is 1.34. The lowest BCUT2D eigenvalue weighted by Crippen LogP contribution is -2.37. The SMILES string of the molecule is COCC1(CN(C)c2cc(-c3cc(C4CC4)nc(C(F)(F)F)c3)nc3nc(NC(=O)c4ccc(CCCC(=O)O)cn4)[nH]c23)CCCC1. The number of methoxy groups -OCH3 is 1. The number of anilines is 2. The summed E-state index contributed by atoms with van der Waals surface area (Å²) in [6, 6.07) is 7.75. The van der Waals surface area contributed by atoms with Gasteiger partial charge in [0.05, 0.1) is 18.0 Å². The van der Waals surface area contributed by atoms with Crippen molar-refractivity contribution in [1.82, 2.24) is 24.9 Å². The number of aromatic amines is 1. The Bertz CT molecular complexity index is 1800. The molecular formula is C34H38F3N7O4. The number of aliphatic carboxylic acids is 1. The molecule has 0 unspecified atom stereocenters. The number of carboxylic acids is 1. The largest absolute Gasteiger partial charge is 0.481 e. The normalized spacial score (nSPS) is 15.9. The molecule has 14 heteroatoms. The second-order valence-electron chi connectivity index (χ2n) is 13.0. The summed E-state index contributed by atoms with van der Waals surface area (Å²) >= 11 is 0. The van der Waals surface area contributed by atoms with Gasteiger partial charge in [0.25, 0.3) is 5.91 Å². The zero-order valence-corrected chi connectivity index (χ0v) is 26.9. The first-order valence-electron chi connectivity index (χ1n) is 16.1. The van der Waals surface area contributed by atoms with Crippen molar-refractivity contribution >= 4 is 34.7 Å². The second kappa shape index (κ2) is 13.5. The Labute approximate surface area is 275 Å². The zero-order chi connectivity index (χ0) is 34.1. The summed E-state index contributed by atoms with van der Waals surface area (Å²) in [6.45, 7) is 1.22. The number of amides is 1.